The molecule has 0 amide bonds. The molecule has 3 heteroatoms. The van der Waals surface area contributed by atoms with E-state index in [1.54, 1.807) is 19.2 Å². The fraction of sp³-hybridized carbons (Fsp3) is 0.400. The minimum atomic E-state index is -0.574. The summed E-state index contributed by atoms with van der Waals surface area (Å²) in [5.74, 6) is 0.309. The van der Waals surface area contributed by atoms with E-state index in [2.05, 4.69) is 13.8 Å². The summed E-state index contributed by atoms with van der Waals surface area (Å²) in [6, 6.07) is 10.7. The first kappa shape index (κ1) is 16.0. The topological polar surface area (TPSA) is 29.5 Å². The average molecular weight is 314 g/mol. The van der Waals surface area contributed by atoms with Crippen LogP contribution in [0.2, 0.25) is 0 Å². The van der Waals surface area contributed by atoms with E-state index in [1.807, 2.05) is 18.2 Å². The van der Waals surface area contributed by atoms with Gasteiger partial charge in [-0.05, 0) is 59.6 Å². The van der Waals surface area contributed by atoms with Crippen LogP contribution in [0.4, 0.5) is 4.39 Å². The van der Waals surface area contributed by atoms with Crippen molar-refractivity contribution in [1.82, 2.24) is 0 Å². The van der Waals surface area contributed by atoms with Crippen LogP contribution >= 0.6 is 0 Å². The largest absolute Gasteiger partial charge is 0.497 e. The highest BCUT2D eigenvalue weighted by Crippen LogP contribution is 2.55. The Labute approximate surface area is 136 Å². The lowest BCUT2D eigenvalue weighted by Crippen LogP contribution is -2.11. The van der Waals surface area contributed by atoms with Crippen LogP contribution in [0.3, 0.4) is 0 Å². The van der Waals surface area contributed by atoms with E-state index in [9.17, 15) is 9.50 Å². The van der Waals surface area contributed by atoms with Crippen LogP contribution in [0.25, 0.3) is 11.1 Å². The molecule has 2 nitrogen and oxygen atoms in total. The van der Waals surface area contributed by atoms with Gasteiger partial charge in [-0.25, -0.2) is 4.39 Å². The van der Waals surface area contributed by atoms with Crippen molar-refractivity contribution in [3.63, 3.8) is 0 Å². The Kier molecular flexibility index (Phi) is 4.15. The number of benzene rings is 2. The fourth-order valence-electron chi connectivity index (χ4n) is 2.99. The summed E-state index contributed by atoms with van der Waals surface area (Å²) in [4.78, 5) is 0. The lowest BCUT2D eigenvalue weighted by molar-refractivity contribution is 0.104. The molecule has 2 aromatic carbocycles. The van der Waals surface area contributed by atoms with Gasteiger partial charge in [-0.15, -0.1) is 0 Å². The summed E-state index contributed by atoms with van der Waals surface area (Å²) in [5.41, 5.74) is 3.10. The van der Waals surface area contributed by atoms with E-state index in [4.69, 9.17) is 4.74 Å². The van der Waals surface area contributed by atoms with Gasteiger partial charge in [0.05, 0.1) is 13.2 Å². The number of aliphatic hydroxyl groups is 1. The fourth-order valence-corrected chi connectivity index (χ4v) is 2.99. The number of methoxy groups -OCH3 is 1. The van der Waals surface area contributed by atoms with Gasteiger partial charge < -0.3 is 9.84 Å². The Morgan fingerprint density at radius 2 is 1.91 bits per heavy atom. The molecule has 2 aromatic rings. The quantitative estimate of drug-likeness (QED) is 0.851. The van der Waals surface area contributed by atoms with Crippen molar-refractivity contribution in [3.05, 3.63) is 53.3 Å². The number of halogens is 1. The van der Waals surface area contributed by atoms with E-state index < -0.39 is 6.10 Å². The monoisotopic (exact) mass is 314 g/mol. The van der Waals surface area contributed by atoms with Gasteiger partial charge in [0.2, 0.25) is 0 Å². The molecule has 3 rings (SSSR count). The SMILES string of the molecule is CCc1ccc(-c2cc(OC)ccc2F)c(C(O)C2(C)CC2)c1. The summed E-state index contributed by atoms with van der Waals surface area (Å²) in [5, 5.41) is 10.8. The maximum Gasteiger partial charge on any atom is 0.131 e. The van der Waals surface area contributed by atoms with Gasteiger partial charge in [-0.3, -0.25) is 0 Å². The first-order chi connectivity index (χ1) is 11.0. The maximum atomic E-state index is 14.4. The van der Waals surface area contributed by atoms with E-state index in [-0.39, 0.29) is 11.2 Å². The Balaban J connectivity index is 2.15. The van der Waals surface area contributed by atoms with Gasteiger partial charge in [0.15, 0.2) is 0 Å². The summed E-state index contributed by atoms with van der Waals surface area (Å²) in [6.45, 7) is 4.16. The van der Waals surface area contributed by atoms with Crippen molar-refractivity contribution in [2.45, 2.75) is 39.2 Å². The summed E-state index contributed by atoms with van der Waals surface area (Å²) < 4.78 is 19.6. The van der Waals surface area contributed by atoms with Gasteiger partial charge in [0.1, 0.15) is 11.6 Å². The summed E-state index contributed by atoms with van der Waals surface area (Å²) >= 11 is 0. The second-order valence-electron chi connectivity index (χ2n) is 6.68. The van der Waals surface area contributed by atoms with Crippen LogP contribution in [0.15, 0.2) is 36.4 Å². The van der Waals surface area contributed by atoms with E-state index >= 15 is 0 Å². The van der Waals surface area contributed by atoms with Crippen LogP contribution < -0.4 is 4.74 Å². The molecule has 0 aromatic heterocycles. The van der Waals surface area contributed by atoms with Crippen LogP contribution in [-0.2, 0) is 6.42 Å². The first-order valence-electron chi connectivity index (χ1n) is 8.13. The standard InChI is InChI=1S/C20H23FO2/c1-4-13-5-7-15(16-12-14(23-3)6-8-18(16)21)17(11-13)19(22)20(2)9-10-20/h5-8,11-12,19,22H,4,9-10H2,1-3H3. The molecule has 0 aliphatic heterocycles. The highest BCUT2D eigenvalue weighted by Gasteiger charge is 2.45. The zero-order valence-electron chi connectivity index (χ0n) is 13.9. The highest BCUT2D eigenvalue weighted by atomic mass is 19.1. The number of aryl methyl sites for hydroxylation is 1. The molecule has 1 unspecified atom stereocenters. The van der Waals surface area contributed by atoms with Crippen LogP contribution in [0.1, 0.15) is 43.9 Å². The van der Waals surface area contributed by atoms with E-state index in [0.717, 1.165) is 36.0 Å². The Morgan fingerprint density at radius 1 is 1.17 bits per heavy atom. The van der Waals surface area contributed by atoms with Gasteiger partial charge in [-0.1, -0.05) is 32.0 Å². The summed E-state index contributed by atoms with van der Waals surface area (Å²) in [7, 11) is 1.57. The van der Waals surface area contributed by atoms with Crippen LogP contribution in [-0.4, -0.2) is 12.2 Å². The number of ether oxygens (including phenoxy) is 1. The second-order valence-corrected chi connectivity index (χ2v) is 6.68. The molecule has 0 heterocycles. The molecule has 0 saturated heterocycles. The third-order valence-electron chi connectivity index (χ3n) is 4.98. The predicted octanol–water partition coefficient (Wildman–Crippen LogP) is 4.90. The van der Waals surface area contributed by atoms with Gasteiger partial charge in [-0.2, -0.15) is 0 Å². The first-order valence-corrected chi connectivity index (χ1v) is 8.13. The lowest BCUT2D eigenvalue weighted by Gasteiger charge is -2.22. The minimum absolute atomic E-state index is 0.0868. The number of aliphatic hydroxyl groups excluding tert-OH is 1. The zero-order chi connectivity index (χ0) is 16.6. The van der Waals surface area contributed by atoms with E-state index in [1.165, 1.54) is 6.07 Å². The molecule has 23 heavy (non-hydrogen) atoms. The second kappa shape index (κ2) is 5.97. The smallest absolute Gasteiger partial charge is 0.131 e. The highest BCUT2D eigenvalue weighted by molar-refractivity contribution is 5.70. The molecule has 1 aliphatic rings. The Morgan fingerprint density at radius 3 is 2.52 bits per heavy atom. The molecule has 0 bridgehead atoms. The Bertz CT molecular complexity index is 720. The summed E-state index contributed by atoms with van der Waals surface area (Å²) in [6.07, 6.45) is 2.32. The average Bonchev–Trinajstić information content (AvgIpc) is 3.33. The molecule has 1 aliphatic carbocycles. The van der Waals surface area contributed by atoms with Crippen molar-refractivity contribution < 1.29 is 14.2 Å². The molecule has 1 N–H and O–H groups in total. The maximum absolute atomic E-state index is 14.4. The third kappa shape index (κ3) is 2.98. The van der Waals surface area contributed by atoms with Gasteiger partial charge >= 0.3 is 0 Å². The molecule has 0 radical (unpaired) electrons. The molecule has 122 valence electrons. The van der Waals surface area contributed by atoms with Crippen molar-refractivity contribution in [2.24, 2.45) is 5.41 Å². The van der Waals surface area contributed by atoms with Crippen molar-refractivity contribution in [1.29, 1.82) is 0 Å². The molecular formula is C20H23FO2. The van der Waals surface area contributed by atoms with Crippen LogP contribution in [0, 0.1) is 11.2 Å². The molecule has 1 fully saturated rings. The molecule has 1 saturated carbocycles. The van der Waals surface area contributed by atoms with Gasteiger partial charge in [0.25, 0.3) is 0 Å². The molecule has 1 atom stereocenters. The minimum Gasteiger partial charge on any atom is -0.497 e. The zero-order valence-corrected chi connectivity index (χ0v) is 13.9. The Hall–Kier alpha value is -1.87. The number of hydrogen-bond donors (Lipinski definition) is 1. The number of rotatable bonds is 5. The predicted molar refractivity (Wildman–Crippen MR) is 90.1 cm³/mol. The van der Waals surface area contributed by atoms with Crippen molar-refractivity contribution >= 4 is 0 Å². The number of hydrogen-bond acceptors (Lipinski definition) is 2. The van der Waals surface area contributed by atoms with E-state index in [0.29, 0.717) is 11.3 Å². The lowest BCUT2D eigenvalue weighted by atomic mass is 9.87. The normalized spacial score (nSPS) is 16.9. The molecular weight excluding hydrogens is 291 g/mol. The molecule has 0 spiro atoms. The van der Waals surface area contributed by atoms with Crippen molar-refractivity contribution in [3.8, 4) is 16.9 Å². The van der Waals surface area contributed by atoms with Gasteiger partial charge in [0, 0.05) is 5.56 Å². The van der Waals surface area contributed by atoms with Crippen LogP contribution in [0.5, 0.6) is 5.75 Å². The van der Waals surface area contributed by atoms with Crippen molar-refractivity contribution in [2.75, 3.05) is 7.11 Å². The third-order valence-corrected chi connectivity index (χ3v) is 4.98.